The molecule has 0 aliphatic heterocycles. The van der Waals surface area contributed by atoms with Crippen LogP contribution in [-0.2, 0) is 16.0 Å². The highest BCUT2D eigenvalue weighted by atomic mass is 16.5. The van der Waals surface area contributed by atoms with Gasteiger partial charge in [0, 0.05) is 17.0 Å². The lowest BCUT2D eigenvalue weighted by Crippen LogP contribution is -2.43. The Morgan fingerprint density at radius 2 is 2.08 bits per heavy atom. The Kier molecular flexibility index (Phi) is 6.38. The second-order valence-corrected chi connectivity index (χ2v) is 6.11. The van der Waals surface area contributed by atoms with Crippen molar-refractivity contribution in [1.82, 2.24) is 5.32 Å². The van der Waals surface area contributed by atoms with Gasteiger partial charge in [0.2, 0.25) is 0 Å². The number of ether oxygens (including phenoxy) is 1. The number of carbonyl (C=O) groups is 2. The smallest absolute Gasteiger partial charge is 0.336 e. The van der Waals surface area contributed by atoms with Crippen LogP contribution in [-0.4, -0.2) is 24.5 Å². The van der Waals surface area contributed by atoms with Gasteiger partial charge < -0.3 is 24.4 Å². The molecule has 1 N–H and O–H groups in total. The Hall–Kier alpha value is -2.83. The summed E-state index contributed by atoms with van der Waals surface area (Å²) in [5, 5.41) is 13.5. The third-order valence-electron chi connectivity index (χ3n) is 4.08. The number of benzene rings is 1. The zero-order valence-corrected chi connectivity index (χ0v) is 15.1. The molecule has 0 saturated carbocycles. The van der Waals surface area contributed by atoms with Crippen LogP contribution in [0.1, 0.15) is 37.8 Å². The zero-order valence-electron chi connectivity index (χ0n) is 15.1. The van der Waals surface area contributed by atoms with Gasteiger partial charge in [0.05, 0.1) is 12.5 Å². The third-order valence-corrected chi connectivity index (χ3v) is 4.08. The molecule has 2 rings (SSSR count). The Balaban J connectivity index is 2.29. The molecule has 0 spiro atoms. The summed E-state index contributed by atoms with van der Waals surface area (Å²) in [5.41, 5.74) is 1.54. The molecule has 1 atom stereocenters. The number of carboxylic acids is 1. The predicted octanol–water partition coefficient (Wildman–Crippen LogP) is 1.08. The van der Waals surface area contributed by atoms with Crippen molar-refractivity contribution in [3.05, 3.63) is 39.7 Å². The molecule has 140 valence electrons. The lowest BCUT2D eigenvalue weighted by molar-refractivity contribution is -0.304. The largest absolute Gasteiger partial charge is 0.548 e. The molecule has 0 fully saturated rings. The Morgan fingerprint density at radius 1 is 1.35 bits per heavy atom. The highest BCUT2D eigenvalue weighted by molar-refractivity contribution is 5.86. The van der Waals surface area contributed by atoms with Crippen LogP contribution in [0.5, 0.6) is 5.75 Å². The van der Waals surface area contributed by atoms with E-state index >= 15 is 0 Å². The van der Waals surface area contributed by atoms with Gasteiger partial charge in [0.15, 0.2) is 6.10 Å². The molecular formula is C19H22NO6-. The summed E-state index contributed by atoms with van der Waals surface area (Å²) in [6.07, 6.45) is 1.84. The van der Waals surface area contributed by atoms with Gasteiger partial charge in [-0.25, -0.2) is 4.79 Å². The first kappa shape index (κ1) is 19.5. The summed E-state index contributed by atoms with van der Waals surface area (Å²) in [5.74, 6) is -1.56. The molecule has 1 aromatic heterocycles. The van der Waals surface area contributed by atoms with E-state index in [0.29, 0.717) is 16.9 Å². The number of fused-ring (bicyclic) bond motifs is 1. The molecule has 1 heterocycles. The average molecular weight is 360 g/mol. The quantitative estimate of drug-likeness (QED) is 0.706. The standard InChI is InChI=1S/C19H23NO6/c1-4-5-6-13-9-17(23)26-18-11(2)15(8-7-14(13)18)25-12(3)19(24)20-10-16(21)22/h7-9,12H,4-6,10H2,1-3H3,(H,20,24)(H,21,22)/p-1/t12-/m1/s1. The molecule has 2 aromatic rings. The van der Waals surface area contributed by atoms with E-state index in [1.165, 1.54) is 13.0 Å². The normalized spacial score (nSPS) is 12.0. The predicted molar refractivity (Wildman–Crippen MR) is 93.9 cm³/mol. The highest BCUT2D eigenvalue weighted by Gasteiger charge is 2.18. The van der Waals surface area contributed by atoms with Crippen LogP contribution in [0.4, 0.5) is 0 Å². The minimum Gasteiger partial charge on any atom is -0.548 e. The Morgan fingerprint density at radius 3 is 2.73 bits per heavy atom. The second-order valence-electron chi connectivity index (χ2n) is 6.11. The number of amides is 1. The highest BCUT2D eigenvalue weighted by Crippen LogP contribution is 2.29. The molecular weight excluding hydrogens is 338 g/mol. The van der Waals surface area contributed by atoms with Crippen LogP contribution in [0.25, 0.3) is 11.0 Å². The lowest BCUT2D eigenvalue weighted by Gasteiger charge is -2.17. The molecule has 0 radical (unpaired) electrons. The monoisotopic (exact) mass is 360 g/mol. The van der Waals surface area contributed by atoms with Gasteiger partial charge in [0.25, 0.3) is 5.91 Å². The molecule has 7 heteroatoms. The van der Waals surface area contributed by atoms with Crippen molar-refractivity contribution < 1.29 is 23.8 Å². The fraction of sp³-hybridized carbons (Fsp3) is 0.421. The van der Waals surface area contributed by atoms with E-state index in [1.807, 2.05) is 0 Å². The summed E-state index contributed by atoms with van der Waals surface area (Å²) in [6.45, 7) is 4.74. The van der Waals surface area contributed by atoms with Crippen molar-refractivity contribution in [3.8, 4) is 5.75 Å². The zero-order chi connectivity index (χ0) is 19.3. The number of hydrogen-bond acceptors (Lipinski definition) is 6. The number of carbonyl (C=O) groups excluding carboxylic acids is 2. The molecule has 7 nitrogen and oxygen atoms in total. The molecule has 0 aliphatic rings. The van der Waals surface area contributed by atoms with E-state index in [1.54, 1.807) is 19.1 Å². The summed E-state index contributed by atoms with van der Waals surface area (Å²) in [7, 11) is 0. The van der Waals surface area contributed by atoms with Crippen LogP contribution in [0.2, 0.25) is 0 Å². The first-order valence-corrected chi connectivity index (χ1v) is 8.54. The summed E-state index contributed by atoms with van der Waals surface area (Å²) >= 11 is 0. The number of unbranched alkanes of at least 4 members (excludes halogenated alkanes) is 1. The van der Waals surface area contributed by atoms with Gasteiger partial charge >= 0.3 is 5.63 Å². The fourth-order valence-electron chi connectivity index (χ4n) is 2.66. The third kappa shape index (κ3) is 4.62. The number of hydrogen-bond donors (Lipinski definition) is 1. The van der Waals surface area contributed by atoms with E-state index in [9.17, 15) is 19.5 Å². The number of nitrogens with one attached hydrogen (secondary N) is 1. The van der Waals surface area contributed by atoms with Gasteiger partial charge in [-0.15, -0.1) is 0 Å². The minimum atomic E-state index is -1.38. The van der Waals surface area contributed by atoms with Gasteiger partial charge in [0.1, 0.15) is 11.3 Å². The summed E-state index contributed by atoms with van der Waals surface area (Å²) in [4.78, 5) is 34.1. The van der Waals surface area contributed by atoms with Gasteiger partial charge in [-0.2, -0.15) is 0 Å². The van der Waals surface area contributed by atoms with E-state index in [-0.39, 0.29) is 0 Å². The van der Waals surface area contributed by atoms with E-state index in [4.69, 9.17) is 9.15 Å². The van der Waals surface area contributed by atoms with Crippen LogP contribution in [0, 0.1) is 6.92 Å². The lowest BCUT2D eigenvalue weighted by atomic mass is 10.0. The van der Waals surface area contributed by atoms with E-state index in [2.05, 4.69) is 12.2 Å². The minimum absolute atomic E-state index is 0.393. The molecule has 1 aromatic carbocycles. The maximum Gasteiger partial charge on any atom is 0.336 e. The number of carboxylic acid groups (broad SMARTS) is 1. The van der Waals surface area contributed by atoms with Crippen molar-refractivity contribution in [2.45, 2.75) is 46.1 Å². The van der Waals surface area contributed by atoms with E-state index < -0.39 is 30.2 Å². The van der Waals surface area contributed by atoms with Crippen LogP contribution < -0.4 is 20.8 Å². The molecule has 0 bridgehead atoms. The first-order chi connectivity index (χ1) is 12.3. The first-order valence-electron chi connectivity index (χ1n) is 8.54. The maximum atomic E-state index is 11.9. The summed E-state index contributed by atoms with van der Waals surface area (Å²) in [6, 6.07) is 5.03. The van der Waals surface area contributed by atoms with Crippen molar-refractivity contribution >= 4 is 22.8 Å². The molecule has 1 amide bonds. The average Bonchev–Trinajstić information content (AvgIpc) is 2.60. The van der Waals surface area contributed by atoms with Gasteiger partial charge in [-0.1, -0.05) is 13.3 Å². The van der Waals surface area contributed by atoms with E-state index in [0.717, 1.165) is 30.2 Å². The number of rotatable bonds is 8. The van der Waals surface area contributed by atoms with Crippen LogP contribution >= 0.6 is 0 Å². The van der Waals surface area contributed by atoms with Gasteiger partial charge in [-0.05, 0) is 44.4 Å². The topological polar surface area (TPSA) is 109 Å². The number of aryl methyl sites for hydroxylation is 2. The van der Waals surface area contributed by atoms with Crippen molar-refractivity contribution in [3.63, 3.8) is 0 Å². The van der Waals surface area contributed by atoms with Crippen molar-refractivity contribution in [1.29, 1.82) is 0 Å². The molecule has 0 aliphatic carbocycles. The maximum absolute atomic E-state index is 11.9. The van der Waals surface area contributed by atoms with Crippen LogP contribution in [0.15, 0.2) is 27.4 Å². The summed E-state index contributed by atoms with van der Waals surface area (Å²) < 4.78 is 11.0. The molecule has 0 unspecified atom stereocenters. The molecule has 0 saturated heterocycles. The fourth-order valence-corrected chi connectivity index (χ4v) is 2.66. The van der Waals surface area contributed by atoms with Crippen LogP contribution in [0.3, 0.4) is 0 Å². The Bertz CT molecular complexity index is 870. The second kappa shape index (κ2) is 8.51. The molecule has 26 heavy (non-hydrogen) atoms. The van der Waals surface area contributed by atoms with Crippen molar-refractivity contribution in [2.75, 3.05) is 6.54 Å². The SMILES string of the molecule is CCCCc1cc(=O)oc2c(C)c(O[C@H](C)C(=O)NCC(=O)[O-])ccc12. The number of aliphatic carboxylic acids is 1. The van der Waals surface area contributed by atoms with Crippen molar-refractivity contribution in [2.24, 2.45) is 0 Å². The Labute approximate surface area is 151 Å². The van der Waals surface area contributed by atoms with Gasteiger partial charge in [-0.3, -0.25) is 4.79 Å².